The number of aromatic nitrogens is 1. The lowest BCUT2D eigenvalue weighted by molar-refractivity contribution is -0.135. The number of thioether (sulfide) groups is 1. The van der Waals surface area contributed by atoms with Gasteiger partial charge in [0.15, 0.2) is 0 Å². The number of nitrogens with zero attached hydrogens (tertiary/aromatic N) is 2. The van der Waals surface area contributed by atoms with Crippen molar-refractivity contribution in [3.05, 3.63) is 36.4 Å². The van der Waals surface area contributed by atoms with E-state index in [4.69, 9.17) is 0 Å². The van der Waals surface area contributed by atoms with Crippen LogP contribution in [0.2, 0.25) is 0 Å². The Hall–Kier alpha value is -2.08. The average Bonchev–Trinajstić information content (AvgIpc) is 3.03. The molecule has 22 heavy (non-hydrogen) atoms. The third-order valence-corrected chi connectivity index (χ3v) is 4.67. The standard InChI is InChI=1S/C16H17N3O2S/c1-2-15(20)19-10-22-9-13(19)16(21)18-14-8-7-11-5-3-4-6-12(11)17-14/h3-8,13H,2,9-10H2,1H3,(H,17,18,21)/t13-/m1/s1. The zero-order chi connectivity index (χ0) is 15.5. The van der Waals surface area contributed by atoms with Gasteiger partial charge in [-0.3, -0.25) is 9.59 Å². The van der Waals surface area contributed by atoms with Gasteiger partial charge >= 0.3 is 0 Å². The van der Waals surface area contributed by atoms with E-state index in [1.54, 1.807) is 22.7 Å². The zero-order valence-corrected chi connectivity index (χ0v) is 13.1. The highest BCUT2D eigenvalue weighted by molar-refractivity contribution is 7.99. The Labute approximate surface area is 133 Å². The second-order valence-corrected chi connectivity index (χ2v) is 6.11. The molecule has 5 nitrogen and oxygen atoms in total. The molecule has 0 radical (unpaired) electrons. The van der Waals surface area contributed by atoms with Crippen molar-refractivity contribution in [1.82, 2.24) is 9.88 Å². The molecule has 0 bridgehead atoms. The van der Waals surface area contributed by atoms with Crippen LogP contribution >= 0.6 is 11.8 Å². The van der Waals surface area contributed by atoms with Crippen LogP contribution in [-0.2, 0) is 9.59 Å². The first-order chi connectivity index (χ1) is 10.7. The number of rotatable bonds is 3. The van der Waals surface area contributed by atoms with Crippen molar-refractivity contribution in [2.45, 2.75) is 19.4 Å². The molecule has 1 aliphatic heterocycles. The highest BCUT2D eigenvalue weighted by atomic mass is 32.2. The van der Waals surface area contributed by atoms with Gasteiger partial charge in [0.05, 0.1) is 11.4 Å². The first kappa shape index (κ1) is 14.8. The number of nitrogens with one attached hydrogen (secondary N) is 1. The van der Waals surface area contributed by atoms with E-state index in [1.165, 1.54) is 0 Å². The summed E-state index contributed by atoms with van der Waals surface area (Å²) in [5.41, 5.74) is 0.836. The molecule has 3 rings (SSSR count). The third-order valence-electron chi connectivity index (χ3n) is 3.66. The van der Waals surface area contributed by atoms with E-state index in [0.717, 1.165) is 10.9 Å². The number of carbonyl (C=O) groups is 2. The summed E-state index contributed by atoms with van der Waals surface area (Å²) in [5.74, 6) is 1.57. The van der Waals surface area contributed by atoms with E-state index in [1.807, 2.05) is 37.3 Å². The van der Waals surface area contributed by atoms with E-state index < -0.39 is 6.04 Å². The van der Waals surface area contributed by atoms with Crippen LogP contribution in [0.3, 0.4) is 0 Å². The number of fused-ring (bicyclic) bond motifs is 1. The van der Waals surface area contributed by atoms with Crippen molar-refractivity contribution in [1.29, 1.82) is 0 Å². The number of carbonyl (C=O) groups excluding carboxylic acids is 2. The monoisotopic (exact) mass is 315 g/mol. The van der Waals surface area contributed by atoms with E-state index >= 15 is 0 Å². The van der Waals surface area contributed by atoms with E-state index in [9.17, 15) is 9.59 Å². The molecule has 2 amide bonds. The molecule has 0 aliphatic carbocycles. The third kappa shape index (κ3) is 2.92. The first-order valence-electron chi connectivity index (χ1n) is 7.23. The van der Waals surface area contributed by atoms with Crippen LogP contribution in [0, 0.1) is 0 Å². The maximum absolute atomic E-state index is 12.4. The molecular formula is C16H17N3O2S. The van der Waals surface area contributed by atoms with Gasteiger partial charge in [-0.05, 0) is 18.2 Å². The molecule has 0 unspecified atom stereocenters. The topological polar surface area (TPSA) is 62.3 Å². The molecule has 0 spiro atoms. The van der Waals surface area contributed by atoms with Crippen LogP contribution in [-0.4, -0.2) is 39.4 Å². The fourth-order valence-electron chi connectivity index (χ4n) is 2.45. The summed E-state index contributed by atoms with van der Waals surface area (Å²) in [6.07, 6.45) is 0.415. The highest BCUT2D eigenvalue weighted by Gasteiger charge is 2.33. The maximum Gasteiger partial charge on any atom is 0.249 e. The Bertz CT molecular complexity index is 719. The predicted molar refractivity (Wildman–Crippen MR) is 88.6 cm³/mol. The zero-order valence-electron chi connectivity index (χ0n) is 12.3. The molecule has 1 atom stereocenters. The molecule has 1 fully saturated rings. The summed E-state index contributed by atoms with van der Waals surface area (Å²) >= 11 is 1.60. The molecule has 6 heteroatoms. The molecule has 2 aromatic rings. The Kier molecular flexibility index (Phi) is 4.29. The Morgan fingerprint density at radius 2 is 2.14 bits per heavy atom. The quantitative estimate of drug-likeness (QED) is 0.945. The van der Waals surface area contributed by atoms with Crippen LogP contribution in [0.5, 0.6) is 0 Å². The van der Waals surface area contributed by atoms with Gasteiger partial charge in [0.1, 0.15) is 11.9 Å². The number of amides is 2. The Morgan fingerprint density at radius 3 is 2.95 bits per heavy atom. The number of hydrogen-bond donors (Lipinski definition) is 1. The summed E-state index contributed by atoms with van der Waals surface area (Å²) in [6.45, 7) is 1.81. The van der Waals surface area contributed by atoms with Crippen molar-refractivity contribution in [2.75, 3.05) is 16.9 Å². The van der Waals surface area contributed by atoms with Gasteiger partial charge in [-0.1, -0.05) is 25.1 Å². The maximum atomic E-state index is 12.4. The minimum Gasteiger partial charge on any atom is -0.321 e. The van der Waals surface area contributed by atoms with Crippen LogP contribution in [0.15, 0.2) is 36.4 Å². The largest absolute Gasteiger partial charge is 0.321 e. The van der Waals surface area contributed by atoms with Crippen molar-refractivity contribution in [3.8, 4) is 0 Å². The van der Waals surface area contributed by atoms with Gasteiger partial charge in [-0.15, -0.1) is 11.8 Å². The normalized spacial score (nSPS) is 17.7. The van der Waals surface area contributed by atoms with Crippen molar-refractivity contribution in [3.63, 3.8) is 0 Å². The molecule has 1 saturated heterocycles. The van der Waals surface area contributed by atoms with Gasteiger partial charge in [-0.2, -0.15) is 0 Å². The minimum atomic E-state index is -0.411. The van der Waals surface area contributed by atoms with Crippen molar-refractivity contribution >= 4 is 40.3 Å². The summed E-state index contributed by atoms with van der Waals surface area (Å²) in [7, 11) is 0. The fraction of sp³-hybridized carbons (Fsp3) is 0.312. The SMILES string of the molecule is CCC(=O)N1CSC[C@@H]1C(=O)Nc1ccc2ccccc2n1. The van der Waals surface area contributed by atoms with E-state index in [0.29, 0.717) is 23.9 Å². The van der Waals surface area contributed by atoms with Gasteiger partial charge in [0.25, 0.3) is 0 Å². The second kappa shape index (κ2) is 6.36. The van der Waals surface area contributed by atoms with Gasteiger partial charge in [-0.25, -0.2) is 4.98 Å². The van der Waals surface area contributed by atoms with Crippen LogP contribution in [0.4, 0.5) is 5.82 Å². The molecule has 1 N–H and O–H groups in total. The van der Waals surface area contributed by atoms with Gasteiger partial charge in [0.2, 0.25) is 11.8 Å². The first-order valence-corrected chi connectivity index (χ1v) is 8.38. The fourth-order valence-corrected chi connectivity index (χ4v) is 3.63. The molecule has 1 aliphatic rings. The average molecular weight is 315 g/mol. The lowest BCUT2D eigenvalue weighted by Gasteiger charge is -2.22. The highest BCUT2D eigenvalue weighted by Crippen LogP contribution is 2.23. The Balaban J connectivity index is 1.76. The van der Waals surface area contributed by atoms with Crippen molar-refractivity contribution < 1.29 is 9.59 Å². The van der Waals surface area contributed by atoms with Gasteiger partial charge < -0.3 is 10.2 Å². The number of anilines is 1. The molecule has 1 aromatic heterocycles. The number of pyridine rings is 1. The van der Waals surface area contributed by atoms with Crippen LogP contribution in [0.25, 0.3) is 10.9 Å². The summed E-state index contributed by atoms with van der Waals surface area (Å²) in [6, 6.07) is 11.0. The lowest BCUT2D eigenvalue weighted by atomic mass is 10.2. The number of hydrogen-bond acceptors (Lipinski definition) is 4. The predicted octanol–water partition coefficient (Wildman–Crippen LogP) is 2.48. The lowest BCUT2D eigenvalue weighted by Crippen LogP contribution is -2.44. The van der Waals surface area contributed by atoms with Gasteiger partial charge in [0, 0.05) is 17.6 Å². The number of benzene rings is 1. The molecule has 2 heterocycles. The van der Waals surface area contributed by atoms with Crippen LogP contribution < -0.4 is 5.32 Å². The smallest absolute Gasteiger partial charge is 0.249 e. The molecule has 1 aromatic carbocycles. The molecule has 114 valence electrons. The van der Waals surface area contributed by atoms with Crippen molar-refractivity contribution in [2.24, 2.45) is 0 Å². The second-order valence-electron chi connectivity index (χ2n) is 5.11. The molecular weight excluding hydrogens is 298 g/mol. The van der Waals surface area contributed by atoms with Crippen LogP contribution in [0.1, 0.15) is 13.3 Å². The summed E-state index contributed by atoms with van der Waals surface area (Å²) in [4.78, 5) is 30.4. The molecule has 0 saturated carbocycles. The number of para-hydroxylation sites is 1. The Morgan fingerprint density at radius 1 is 1.32 bits per heavy atom. The van der Waals surface area contributed by atoms with E-state index in [2.05, 4.69) is 10.3 Å². The summed E-state index contributed by atoms with van der Waals surface area (Å²) < 4.78 is 0. The minimum absolute atomic E-state index is 0.0108. The summed E-state index contributed by atoms with van der Waals surface area (Å²) in [5, 5.41) is 3.86. The van der Waals surface area contributed by atoms with E-state index in [-0.39, 0.29) is 11.8 Å².